The summed E-state index contributed by atoms with van der Waals surface area (Å²) in [5.74, 6) is -0.0561. The van der Waals surface area contributed by atoms with Gasteiger partial charge in [0.2, 0.25) is 5.91 Å². The number of nitrogens with zero attached hydrogens (tertiary/aromatic N) is 1. The fourth-order valence-corrected chi connectivity index (χ4v) is 2.44. The zero-order valence-corrected chi connectivity index (χ0v) is 15.5. The SMILES string of the molecule is CC(C)(CN=C(N)Nc1cccc2c1CCCC2)C(N)=O.I. The maximum Gasteiger partial charge on any atom is 0.224 e. The maximum absolute atomic E-state index is 11.3. The molecule has 1 aliphatic carbocycles. The molecule has 0 spiro atoms. The number of halogens is 1. The Hall–Kier alpha value is -1.31. The van der Waals surface area contributed by atoms with Crippen LogP contribution in [0.5, 0.6) is 0 Å². The molecule has 0 radical (unpaired) electrons. The van der Waals surface area contributed by atoms with Crippen molar-refractivity contribution in [2.75, 3.05) is 11.9 Å². The van der Waals surface area contributed by atoms with Crippen LogP contribution in [0.15, 0.2) is 23.2 Å². The van der Waals surface area contributed by atoms with Crippen LogP contribution in [0.2, 0.25) is 0 Å². The third-order valence-corrected chi connectivity index (χ3v) is 3.97. The molecule has 122 valence electrons. The van der Waals surface area contributed by atoms with Crippen molar-refractivity contribution in [3.8, 4) is 0 Å². The fourth-order valence-electron chi connectivity index (χ4n) is 2.44. The van der Waals surface area contributed by atoms with Gasteiger partial charge in [0.15, 0.2) is 5.96 Å². The molecule has 22 heavy (non-hydrogen) atoms. The second-order valence-corrected chi connectivity index (χ2v) is 6.22. The van der Waals surface area contributed by atoms with Gasteiger partial charge in [0, 0.05) is 5.69 Å². The first kappa shape index (κ1) is 18.7. The van der Waals surface area contributed by atoms with Crippen LogP contribution in [0.3, 0.4) is 0 Å². The largest absolute Gasteiger partial charge is 0.370 e. The number of carbonyl (C=O) groups excluding carboxylic acids is 1. The van der Waals surface area contributed by atoms with E-state index in [2.05, 4.69) is 16.4 Å². The Morgan fingerprint density at radius 1 is 1.27 bits per heavy atom. The van der Waals surface area contributed by atoms with Crippen molar-refractivity contribution in [3.63, 3.8) is 0 Å². The molecule has 0 heterocycles. The monoisotopic (exact) mass is 416 g/mol. The highest BCUT2D eigenvalue weighted by Crippen LogP contribution is 2.27. The minimum atomic E-state index is -0.692. The Kier molecular flexibility index (Phi) is 6.65. The molecule has 2 rings (SSSR count). The van der Waals surface area contributed by atoms with Gasteiger partial charge in [-0.15, -0.1) is 24.0 Å². The Balaban J connectivity index is 0.00000242. The van der Waals surface area contributed by atoms with E-state index in [1.165, 1.54) is 24.0 Å². The summed E-state index contributed by atoms with van der Waals surface area (Å²) in [4.78, 5) is 15.5. The zero-order chi connectivity index (χ0) is 15.5. The molecule has 0 atom stereocenters. The lowest BCUT2D eigenvalue weighted by atomic mass is 9.90. The van der Waals surface area contributed by atoms with Crippen molar-refractivity contribution in [3.05, 3.63) is 29.3 Å². The Morgan fingerprint density at radius 2 is 1.95 bits per heavy atom. The second-order valence-electron chi connectivity index (χ2n) is 6.22. The van der Waals surface area contributed by atoms with Gasteiger partial charge < -0.3 is 16.8 Å². The minimum absolute atomic E-state index is 0. The summed E-state index contributed by atoms with van der Waals surface area (Å²) >= 11 is 0. The molecule has 0 aromatic heterocycles. The third-order valence-electron chi connectivity index (χ3n) is 3.97. The Morgan fingerprint density at radius 3 is 2.64 bits per heavy atom. The maximum atomic E-state index is 11.3. The number of aliphatic imine (C=N–C) groups is 1. The smallest absolute Gasteiger partial charge is 0.224 e. The van der Waals surface area contributed by atoms with Crippen molar-refractivity contribution in [2.24, 2.45) is 21.9 Å². The Bertz CT molecular complexity index is 569. The van der Waals surface area contributed by atoms with Gasteiger partial charge in [0.05, 0.1) is 12.0 Å². The summed E-state index contributed by atoms with van der Waals surface area (Å²) in [5.41, 5.74) is 14.3. The summed E-state index contributed by atoms with van der Waals surface area (Å²) in [7, 11) is 0. The molecular formula is C16H25IN4O. The number of guanidine groups is 1. The number of carbonyl (C=O) groups is 1. The Labute approximate surface area is 149 Å². The number of nitrogens with one attached hydrogen (secondary N) is 1. The van der Waals surface area contributed by atoms with E-state index in [1.807, 2.05) is 12.1 Å². The summed E-state index contributed by atoms with van der Waals surface area (Å²) in [6.45, 7) is 3.79. The van der Waals surface area contributed by atoms with Gasteiger partial charge in [-0.2, -0.15) is 0 Å². The average Bonchev–Trinajstić information content (AvgIpc) is 2.45. The zero-order valence-electron chi connectivity index (χ0n) is 13.2. The molecule has 1 aromatic rings. The lowest BCUT2D eigenvalue weighted by Crippen LogP contribution is -2.35. The highest BCUT2D eigenvalue weighted by molar-refractivity contribution is 14.0. The van der Waals surface area contributed by atoms with Crippen molar-refractivity contribution in [1.82, 2.24) is 0 Å². The highest BCUT2D eigenvalue weighted by atomic mass is 127. The predicted octanol–water partition coefficient (Wildman–Crippen LogP) is 2.42. The number of anilines is 1. The van der Waals surface area contributed by atoms with Crippen LogP contribution in [0.1, 0.15) is 37.8 Å². The normalized spacial score (nSPS) is 14.7. The molecular weight excluding hydrogens is 391 g/mol. The van der Waals surface area contributed by atoms with Crippen molar-refractivity contribution >= 4 is 41.5 Å². The molecule has 1 aromatic carbocycles. The van der Waals surface area contributed by atoms with Crippen molar-refractivity contribution < 1.29 is 4.79 Å². The summed E-state index contributed by atoms with van der Waals surface area (Å²) in [5, 5.41) is 3.16. The molecule has 1 aliphatic rings. The van der Waals surface area contributed by atoms with Crippen LogP contribution in [-0.4, -0.2) is 18.4 Å². The number of benzene rings is 1. The van der Waals surface area contributed by atoms with Crippen LogP contribution >= 0.6 is 24.0 Å². The average molecular weight is 416 g/mol. The number of primary amides is 1. The van der Waals surface area contributed by atoms with E-state index in [0.717, 1.165) is 18.5 Å². The van der Waals surface area contributed by atoms with Crippen LogP contribution in [0.25, 0.3) is 0 Å². The molecule has 0 bridgehead atoms. The fraction of sp³-hybridized carbons (Fsp3) is 0.500. The van der Waals surface area contributed by atoms with Gasteiger partial charge in [-0.3, -0.25) is 9.79 Å². The van der Waals surface area contributed by atoms with Gasteiger partial charge in [0.25, 0.3) is 0 Å². The summed E-state index contributed by atoms with van der Waals surface area (Å²) in [6.07, 6.45) is 4.64. The molecule has 0 saturated carbocycles. The molecule has 5 N–H and O–H groups in total. The van der Waals surface area contributed by atoms with Gasteiger partial charge in [-0.25, -0.2) is 0 Å². The van der Waals surface area contributed by atoms with Crippen LogP contribution < -0.4 is 16.8 Å². The lowest BCUT2D eigenvalue weighted by Gasteiger charge is -2.21. The number of fused-ring (bicyclic) bond motifs is 1. The number of hydrogen-bond acceptors (Lipinski definition) is 2. The number of aryl methyl sites for hydroxylation is 1. The van der Waals surface area contributed by atoms with E-state index < -0.39 is 5.41 Å². The second kappa shape index (κ2) is 7.80. The first-order chi connectivity index (χ1) is 9.90. The molecule has 0 saturated heterocycles. The van der Waals surface area contributed by atoms with Gasteiger partial charge in [0.1, 0.15) is 0 Å². The standard InChI is InChI=1S/C16H24N4O.HI/c1-16(2,14(17)21)10-19-15(18)20-13-9-5-7-11-6-3-4-8-12(11)13;/h5,7,9H,3-4,6,8,10H2,1-2H3,(H2,17,21)(H3,18,19,20);1H. The molecule has 6 heteroatoms. The predicted molar refractivity (Wildman–Crippen MR) is 102 cm³/mol. The molecule has 1 amide bonds. The molecule has 5 nitrogen and oxygen atoms in total. The van der Waals surface area contributed by atoms with Crippen LogP contribution in [0, 0.1) is 5.41 Å². The lowest BCUT2D eigenvalue weighted by molar-refractivity contribution is -0.125. The number of amides is 1. The molecule has 0 aliphatic heterocycles. The van der Waals surface area contributed by atoms with E-state index >= 15 is 0 Å². The summed E-state index contributed by atoms with van der Waals surface area (Å²) in [6, 6.07) is 6.22. The first-order valence-electron chi connectivity index (χ1n) is 7.38. The van der Waals surface area contributed by atoms with Crippen molar-refractivity contribution in [1.29, 1.82) is 0 Å². The number of hydrogen-bond donors (Lipinski definition) is 3. The quantitative estimate of drug-likeness (QED) is 0.400. The third kappa shape index (κ3) is 4.59. The van der Waals surface area contributed by atoms with E-state index in [0.29, 0.717) is 5.96 Å². The minimum Gasteiger partial charge on any atom is -0.370 e. The number of rotatable bonds is 4. The van der Waals surface area contributed by atoms with Gasteiger partial charge >= 0.3 is 0 Å². The first-order valence-corrected chi connectivity index (χ1v) is 7.38. The van der Waals surface area contributed by atoms with E-state index in [9.17, 15) is 4.79 Å². The highest BCUT2D eigenvalue weighted by Gasteiger charge is 2.24. The van der Waals surface area contributed by atoms with E-state index in [1.54, 1.807) is 13.8 Å². The molecule has 0 fully saturated rings. The van der Waals surface area contributed by atoms with Crippen LogP contribution in [-0.2, 0) is 17.6 Å². The van der Waals surface area contributed by atoms with Gasteiger partial charge in [-0.05, 0) is 56.7 Å². The topological polar surface area (TPSA) is 93.5 Å². The van der Waals surface area contributed by atoms with E-state index in [4.69, 9.17) is 11.5 Å². The summed E-state index contributed by atoms with van der Waals surface area (Å²) < 4.78 is 0. The van der Waals surface area contributed by atoms with Crippen LogP contribution in [0.4, 0.5) is 5.69 Å². The van der Waals surface area contributed by atoms with Crippen molar-refractivity contribution in [2.45, 2.75) is 39.5 Å². The van der Waals surface area contributed by atoms with E-state index in [-0.39, 0.29) is 36.4 Å². The number of nitrogens with two attached hydrogens (primary N) is 2. The molecule has 0 unspecified atom stereocenters. The van der Waals surface area contributed by atoms with Gasteiger partial charge in [-0.1, -0.05) is 12.1 Å².